The lowest BCUT2D eigenvalue weighted by atomic mass is 10.1. The molecule has 3 rings (SSSR count). The molecule has 0 fully saturated rings. The van der Waals surface area contributed by atoms with Crippen molar-refractivity contribution < 1.29 is 17.1 Å². The molecule has 7 heteroatoms. The van der Waals surface area contributed by atoms with Crippen LogP contribution >= 0.6 is 15.9 Å². The second-order valence-corrected chi connectivity index (χ2v) is 8.41. The average molecular weight is 436 g/mol. The van der Waals surface area contributed by atoms with Crippen molar-refractivity contribution in [2.24, 2.45) is 0 Å². The number of rotatable bonds is 7. The Morgan fingerprint density at radius 2 is 1.77 bits per heavy atom. The van der Waals surface area contributed by atoms with Gasteiger partial charge in [0.25, 0.3) is 10.1 Å². The lowest BCUT2D eigenvalue weighted by molar-refractivity contribution is 0.310. The molecule has 0 radical (unpaired) electrons. The highest BCUT2D eigenvalue weighted by Crippen LogP contribution is 2.23. The Morgan fingerprint density at radius 3 is 2.46 bits per heavy atom. The van der Waals surface area contributed by atoms with Crippen LogP contribution in [0, 0.1) is 6.92 Å². The van der Waals surface area contributed by atoms with Crippen LogP contribution in [-0.2, 0) is 20.7 Å². The average Bonchev–Trinajstić information content (AvgIpc) is 3.09. The van der Waals surface area contributed by atoms with Crippen molar-refractivity contribution in [3.05, 3.63) is 70.3 Å². The predicted molar refractivity (Wildman–Crippen MR) is 102 cm³/mol. The molecule has 2 aromatic carbocycles. The summed E-state index contributed by atoms with van der Waals surface area (Å²) < 4.78 is 35.7. The van der Waals surface area contributed by atoms with E-state index in [-0.39, 0.29) is 11.5 Å². The Bertz CT molecular complexity index is 964. The highest BCUT2D eigenvalue weighted by Gasteiger charge is 2.14. The first-order valence-corrected chi connectivity index (χ1v) is 10.3. The highest BCUT2D eigenvalue weighted by molar-refractivity contribution is 9.10. The van der Waals surface area contributed by atoms with Gasteiger partial charge in [-0.05, 0) is 44.0 Å². The first-order valence-electron chi connectivity index (χ1n) is 8.12. The molecule has 1 aromatic heterocycles. The monoisotopic (exact) mass is 435 g/mol. The topological polar surface area (TPSA) is 69.4 Å². The molecule has 0 aliphatic heterocycles. The van der Waals surface area contributed by atoms with Crippen molar-refractivity contribution in [2.45, 2.75) is 24.7 Å². The fourth-order valence-electron chi connectivity index (χ4n) is 2.37. The Hall–Kier alpha value is -1.96. The van der Waals surface area contributed by atoms with Crippen LogP contribution in [0.15, 0.2) is 68.5 Å². The molecule has 0 bridgehead atoms. The van der Waals surface area contributed by atoms with E-state index in [4.69, 9.17) is 8.71 Å². The Balaban J connectivity index is 1.52. The molecule has 0 spiro atoms. The van der Waals surface area contributed by atoms with Crippen LogP contribution < -0.4 is 0 Å². The van der Waals surface area contributed by atoms with Gasteiger partial charge in [0.05, 0.1) is 17.2 Å². The summed E-state index contributed by atoms with van der Waals surface area (Å²) >= 11 is 3.39. The molecule has 0 saturated carbocycles. The maximum Gasteiger partial charge on any atom is 0.296 e. The highest BCUT2D eigenvalue weighted by atomic mass is 79.9. The van der Waals surface area contributed by atoms with Gasteiger partial charge in [-0.25, -0.2) is 0 Å². The minimum Gasteiger partial charge on any atom is -0.356 e. The molecule has 3 aromatic rings. The van der Waals surface area contributed by atoms with E-state index >= 15 is 0 Å². The van der Waals surface area contributed by atoms with Gasteiger partial charge in [-0.1, -0.05) is 50.9 Å². The van der Waals surface area contributed by atoms with Crippen LogP contribution in [0.5, 0.6) is 0 Å². The second-order valence-electron chi connectivity index (χ2n) is 5.88. The van der Waals surface area contributed by atoms with Gasteiger partial charge in [-0.2, -0.15) is 8.42 Å². The summed E-state index contributed by atoms with van der Waals surface area (Å²) in [5.41, 5.74) is 2.70. The number of halogens is 1. The van der Waals surface area contributed by atoms with E-state index in [0.29, 0.717) is 18.6 Å². The normalized spacial score (nSPS) is 11.6. The summed E-state index contributed by atoms with van der Waals surface area (Å²) in [5.74, 6) is 0.681. The summed E-state index contributed by atoms with van der Waals surface area (Å²) in [5, 5.41) is 4.03. The summed E-state index contributed by atoms with van der Waals surface area (Å²) in [6, 6.07) is 16.2. The van der Waals surface area contributed by atoms with Crippen molar-refractivity contribution in [3.8, 4) is 11.3 Å². The van der Waals surface area contributed by atoms with Gasteiger partial charge >= 0.3 is 0 Å². The number of aryl methyl sites for hydroxylation is 2. The lowest BCUT2D eigenvalue weighted by Crippen LogP contribution is -2.08. The van der Waals surface area contributed by atoms with E-state index < -0.39 is 10.1 Å². The number of hydrogen-bond acceptors (Lipinski definition) is 5. The van der Waals surface area contributed by atoms with E-state index in [1.807, 2.05) is 37.3 Å². The Morgan fingerprint density at radius 1 is 1.08 bits per heavy atom. The molecule has 0 aliphatic carbocycles. The van der Waals surface area contributed by atoms with Gasteiger partial charge in [-0.15, -0.1) is 0 Å². The van der Waals surface area contributed by atoms with E-state index in [1.165, 1.54) is 0 Å². The van der Waals surface area contributed by atoms with Crippen LogP contribution in [0.25, 0.3) is 11.3 Å². The van der Waals surface area contributed by atoms with E-state index in [1.54, 1.807) is 24.3 Å². The van der Waals surface area contributed by atoms with Crippen LogP contribution in [0.1, 0.15) is 17.7 Å². The molecule has 26 heavy (non-hydrogen) atoms. The summed E-state index contributed by atoms with van der Waals surface area (Å²) in [6.07, 6.45) is 1.10. The van der Waals surface area contributed by atoms with Gasteiger partial charge in [0.1, 0.15) is 0 Å². The van der Waals surface area contributed by atoms with Crippen molar-refractivity contribution in [2.75, 3.05) is 6.61 Å². The lowest BCUT2D eigenvalue weighted by Gasteiger charge is -2.05. The standard InChI is InChI=1S/C19H18BrNO4S/c1-14-4-10-18(11-5-14)26(22,23)24-12-2-3-17-13-19(25-21-17)15-6-8-16(20)9-7-15/h4-11,13H,2-3,12H2,1H3. The van der Waals surface area contributed by atoms with Crippen molar-refractivity contribution >= 4 is 26.0 Å². The molecule has 0 atom stereocenters. The van der Waals surface area contributed by atoms with Crippen molar-refractivity contribution in [3.63, 3.8) is 0 Å². The number of aromatic nitrogens is 1. The van der Waals surface area contributed by atoms with Crippen LogP contribution in [-0.4, -0.2) is 20.2 Å². The minimum absolute atomic E-state index is 0.0939. The molecule has 0 saturated heterocycles. The maximum atomic E-state index is 12.1. The third-order valence-corrected chi connectivity index (χ3v) is 5.67. The van der Waals surface area contributed by atoms with E-state index in [9.17, 15) is 8.42 Å². The molecular formula is C19H18BrNO4S. The third kappa shape index (κ3) is 4.81. The predicted octanol–water partition coefficient (Wildman–Crippen LogP) is 4.75. The van der Waals surface area contributed by atoms with Crippen molar-refractivity contribution in [1.82, 2.24) is 5.16 Å². The fourth-order valence-corrected chi connectivity index (χ4v) is 3.58. The van der Waals surface area contributed by atoms with Crippen LogP contribution in [0.2, 0.25) is 0 Å². The van der Waals surface area contributed by atoms with Crippen molar-refractivity contribution in [1.29, 1.82) is 0 Å². The largest absolute Gasteiger partial charge is 0.356 e. The van der Waals surface area contributed by atoms with Gasteiger partial charge in [-0.3, -0.25) is 4.18 Å². The second kappa shape index (κ2) is 8.16. The maximum absolute atomic E-state index is 12.1. The molecule has 0 unspecified atom stereocenters. The Kier molecular flexibility index (Phi) is 5.90. The molecule has 0 amide bonds. The fraction of sp³-hybridized carbons (Fsp3) is 0.211. The molecule has 0 N–H and O–H groups in total. The van der Waals surface area contributed by atoms with Gasteiger partial charge in [0.2, 0.25) is 0 Å². The summed E-state index contributed by atoms with van der Waals surface area (Å²) in [6.45, 7) is 1.99. The Labute approximate surface area is 161 Å². The first-order chi connectivity index (χ1) is 12.4. The van der Waals surface area contributed by atoms with Crippen LogP contribution in [0.3, 0.4) is 0 Å². The number of benzene rings is 2. The van der Waals surface area contributed by atoms with E-state index in [0.717, 1.165) is 21.3 Å². The number of hydrogen-bond donors (Lipinski definition) is 0. The van der Waals surface area contributed by atoms with Gasteiger partial charge in [0, 0.05) is 16.1 Å². The molecule has 1 heterocycles. The first kappa shape index (κ1) is 18.8. The molecule has 5 nitrogen and oxygen atoms in total. The number of nitrogens with zero attached hydrogens (tertiary/aromatic N) is 1. The molecule has 0 aliphatic rings. The SMILES string of the molecule is Cc1ccc(S(=O)(=O)OCCCc2cc(-c3ccc(Br)cc3)on2)cc1. The smallest absolute Gasteiger partial charge is 0.296 e. The van der Waals surface area contributed by atoms with Gasteiger partial charge < -0.3 is 4.52 Å². The quantitative estimate of drug-likeness (QED) is 0.395. The zero-order chi connectivity index (χ0) is 18.6. The summed E-state index contributed by atoms with van der Waals surface area (Å²) in [4.78, 5) is 0.169. The molecular weight excluding hydrogens is 418 g/mol. The van der Waals surface area contributed by atoms with E-state index in [2.05, 4.69) is 21.1 Å². The minimum atomic E-state index is -3.72. The third-order valence-electron chi connectivity index (χ3n) is 3.81. The van der Waals surface area contributed by atoms with Crippen LogP contribution in [0.4, 0.5) is 0 Å². The zero-order valence-electron chi connectivity index (χ0n) is 14.2. The molecule has 136 valence electrons. The zero-order valence-corrected chi connectivity index (χ0v) is 16.6. The summed E-state index contributed by atoms with van der Waals surface area (Å²) in [7, 11) is -3.72. The van der Waals surface area contributed by atoms with Gasteiger partial charge in [0.15, 0.2) is 5.76 Å².